The van der Waals surface area contributed by atoms with Gasteiger partial charge in [-0.25, -0.2) is 0 Å². The maximum Gasteiger partial charge on any atom is 0.303 e. The van der Waals surface area contributed by atoms with Gasteiger partial charge in [-0.05, 0) is 6.42 Å². The molecule has 0 spiro atoms. The molecule has 0 aromatic carbocycles. The predicted molar refractivity (Wildman–Crippen MR) is 123 cm³/mol. The molecule has 0 unspecified atom stereocenters. The van der Waals surface area contributed by atoms with Crippen LogP contribution in [0.1, 0.15) is 86.0 Å². The zero-order valence-electron chi connectivity index (χ0n) is 21.1. The van der Waals surface area contributed by atoms with Crippen LogP contribution in [-0.4, -0.2) is 67.7 Å². The number of esters is 3. The highest BCUT2D eigenvalue weighted by molar-refractivity contribution is 5.73. The summed E-state index contributed by atoms with van der Waals surface area (Å²) in [5, 5.41) is 2.69. The second kappa shape index (κ2) is 16.4. The SMILES string of the molecule is CCCCCCCCCCO[C@@H]1O[C@@H](COC(C)=O)[C@@H](OC(C)=O)[C@@H](OC(C)=O)[C@@H]1NC(C)=O. The average molecular weight is 488 g/mol. The van der Waals surface area contributed by atoms with Gasteiger partial charge in [0.15, 0.2) is 18.5 Å². The van der Waals surface area contributed by atoms with Gasteiger partial charge in [-0.3, -0.25) is 19.2 Å². The van der Waals surface area contributed by atoms with E-state index in [4.69, 9.17) is 23.7 Å². The topological polar surface area (TPSA) is 126 Å². The van der Waals surface area contributed by atoms with E-state index >= 15 is 0 Å². The number of carbonyl (C=O) groups is 4. The monoisotopic (exact) mass is 487 g/mol. The molecule has 1 heterocycles. The lowest BCUT2D eigenvalue weighted by molar-refractivity contribution is -0.277. The van der Waals surface area contributed by atoms with E-state index in [-0.39, 0.29) is 6.61 Å². The molecule has 0 aromatic heterocycles. The summed E-state index contributed by atoms with van der Waals surface area (Å²) in [5.74, 6) is -2.22. The summed E-state index contributed by atoms with van der Waals surface area (Å²) >= 11 is 0. The van der Waals surface area contributed by atoms with Crippen LogP contribution in [0.2, 0.25) is 0 Å². The first-order valence-corrected chi connectivity index (χ1v) is 12.2. The van der Waals surface area contributed by atoms with Crippen molar-refractivity contribution in [2.24, 2.45) is 0 Å². The van der Waals surface area contributed by atoms with Gasteiger partial charge in [-0.15, -0.1) is 0 Å². The summed E-state index contributed by atoms with van der Waals surface area (Å²) < 4.78 is 27.8. The molecule has 0 aromatic rings. The zero-order chi connectivity index (χ0) is 25.5. The second-order valence-electron chi connectivity index (χ2n) is 8.57. The Morgan fingerprint density at radius 2 is 1.32 bits per heavy atom. The molecule has 1 aliphatic heterocycles. The third-order valence-electron chi connectivity index (χ3n) is 5.35. The third kappa shape index (κ3) is 11.8. The number of hydrogen-bond donors (Lipinski definition) is 1. The lowest BCUT2D eigenvalue weighted by atomic mass is 9.96. The van der Waals surface area contributed by atoms with Crippen LogP contribution >= 0.6 is 0 Å². The fourth-order valence-electron chi connectivity index (χ4n) is 3.87. The minimum absolute atomic E-state index is 0.241. The first-order valence-electron chi connectivity index (χ1n) is 12.2. The van der Waals surface area contributed by atoms with Gasteiger partial charge in [-0.1, -0.05) is 51.9 Å². The van der Waals surface area contributed by atoms with E-state index < -0.39 is 54.5 Å². The molecule has 0 radical (unpaired) electrons. The smallest absolute Gasteiger partial charge is 0.303 e. The molecule has 0 aliphatic carbocycles. The van der Waals surface area contributed by atoms with Crippen molar-refractivity contribution in [1.82, 2.24) is 5.32 Å². The van der Waals surface area contributed by atoms with Crippen LogP contribution in [0, 0.1) is 0 Å². The van der Waals surface area contributed by atoms with Crippen LogP contribution in [-0.2, 0) is 42.9 Å². The van der Waals surface area contributed by atoms with E-state index in [0.29, 0.717) is 6.61 Å². The molecule has 1 saturated heterocycles. The summed E-state index contributed by atoms with van der Waals surface area (Å²) in [4.78, 5) is 46.8. The molecule has 0 bridgehead atoms. The first-order chi connectivity index (χ1) is 16.1. The number of nitrogens with one attached hydrogen (secondary N) is 1. The van der Waals surface area contributed by atoms with Crippen molar-refractivity contribution in [2.75, 3.05) is 13.2 Å². The summed E-state index contributed by atoms with van der Waals surface area (Å²) in [6, 6.07) is -0.923. The van der Waals surface area contributed by atoms with Crippen LogP contribution in [0.4, 0.5) is 0 Å². The van der Waals surface area contributed by atoms with E-state index in [2.05, 4.69) is 12.2 Å². The lowest BCUT2D eigenvalue weighted by Gasteiger charge is -2.44. The average Bonchev–Trinajstić information content (AvgIpc) is 2.74. The highest BCUT2D eigenvalue weighted by Crippen LogP contribution is 2.28. The highest BCUT2D eigenvalue weighted by Gasteiger charge is 2.51. The van der Waals surface area contributed by atoms with Crippen LogP contribution in [0.25, 0.3) is 0 Å². The van der Waals surface area contributed by atoms with Crippen LogP contribution in [0.15, 0.2) is 0 Å². The number of ether oxygens (including phenoxy) is 5. The molecule has 5 atom stereocenters. The van der Waals surface area contributed by atoms with Crippen molar-refractivity contribution >= 4 is 23.8 Å². The van der Waals surface area contributed by atoms with Crippen LogP contribution < -0.4 is 5.32 Å². The predicted octanol–water partition coefficient (Wildman–Crippen LogP) is 2.80. The second-order valence-corrected chi connectivity index (χ2v) is 8.57. The molecule has 196 valence electrons. The molecule has 1 aliphatic rings. The van der Waals surface area contributed by atoms with E-state index in [1.165, 1.54) is 59.8 Å². The van der Waals surface area contributed by atoms with E-state index in [1.54, 1.807) is 0 Å². The third-order valence-corrected chi connectivity index (χ3v) is 5.35. The molecule has 1 fully saturated rings. The lowest BCUT2D eigenvalue weighted by Crippen LogP contribution is -2.66. The maximum atomic E-state index is 11.9. The zero-order valence-corrected chi connectivity index (χ0v) is 21.1. The standard InChI is InChI=1S/C24H41NO9/c1-6-7-8-9-10-11-12-13-14-30-24-21(25-16(2)26)23(33-19(5)29)22(32-18(4)28)20(34-24)15-31-17(3)27/h20-24H,6-15H2,1-5H3,(H,25,26)/t20-,21-,22+,23-,24+/m0/s1. The Balaban J connectivity index is 2.89. The minimum Gasteiger partial charge on any atom is -0.463 e. The Bertz CT molecular complexity index is 654. The number of amides is 1. The molecule has 1 rings (SSSR count). The quantitative estimate of drug-likeness (QED) is 0.211. The van der Waals surface area contributed by atoms with Gasteiger partial charge in [-0.2, -0.15) is 0 Å². The van der Waals surface area contributed by atoms with Crippen molar-refractivity contribution in [3.63, 3.8) is 0 Å². The molecular formula is C24H41NO9. The van der Waals surface area contributed by atoms with Crippen molar-refractivity contribution in [1.29, 1.82) is 0 Å². The summed E-state index contributed by atoms with van der Waals surface area (Å²) in [5.41, 5.74) is 0. The number of hydrogen-bond acceptors (Lipinski definition) is 9. The van der Waals surface area contributed by atoms with Gasteiger partial charge < -0.3 is 29.0 Å². The first kappa shape index (κ1) is 29.8. The number of carbonyl (C=O) groups excluding carboxylic acids is 4. The highest BCUT2D eigenvalue weighted by atomic mass is 16.7. The normalized spacial score (nSPS) is 24.2. The fourth-order valence-corrected chi connectivity index (χ4v) is 3.87. The van der Waals surface area contributed by atoms with Gasteiger partial charge in [0.2, 0.25) is 5.91 Å². The van der Waals surface area contributed by atoms with Crippen molar-refractivity contribution in [3.05, 3.63) is 0 Å². The summed E-state index contributed by atoms with van der Waals surface area (Å²) in [6.45, 7) is 7.27. The Kier molecular flexibility index (Phi) is 14.4. The molecular weight excluding hydrogens is 446 g/mol. The van der Waals surface area contributed by atoms with Gasteiger partial charge in [0.05, 0.1) is 0 Å². The van der Waals surface area contributed by atoms with Crippen molar-refractivity contribution < 1.29 is 42.9 Å². The van der Waals surface area contributed by atoms with Gasteiger partial charge in [0, 0.05) is 34.3 Å². The Labute approximate surface area is 202 Å². The molecule has 10 heteroatoms. The van der Waals surface area contributed by atoms with Gasteiger partial charge in [0.25, 0.3) is 0 Å². The largest absolute Gasteiger partial charge is 0.463 e. The Morgan fingerprint density at radius 3 is 1.85 bits per heavy atom. The van der Waals surface area contributed by atoms with Crippen molar-refractivity contribution in [3.8, 4) is 0 Å². The number of rotatable bonds is 15. The number of unbranched alkanes of at least 4 members (excludes halogenated alkanes) is 7. The van der Waals surface area contributed by atoms with Crippen LogP contribution in [0.5, 0.6) is 0 Å². The van der Waals surface area contributed by atoms with E-state index in [9.17, 15) is 19.2 Å². The van der Waals surface area contributed by atoms with Gasteiger partial charge >= 0.3 is 17.9 Å². The van der Waals surface area contributed by atoms with E-state index in [1.807, 2.05) is 0 Å². The molecule has 1 N–H and O–H groups in total. The summed E-state index contributed by atoms with van der Waals surface area (Å²) in [6.07, 6.45) is 4.88. The Hall–Kier alpha value is -2.20. The summed E-state index contributed by atoms with van der Waals surface area (Å²) in [7, 11) is 0. The molecule has 10 nitrogen and oxygen atoms in total. The fraction of sp³-hybridized carbons (Fsp3) is 0.833. The molecule has 34 heavy (non-hydrogen) atoms. The molecule has 1 amide bonds. The maximum absolute atomic E-state index is 11.9. The molecule has 0 saturated carbocycles. The van der Waals surface area contributed by atoms with Crippen LogP contribution in [0.3, 0.4) is 0 Å². The minimum atomic E-state index is -1.11. The van der Waals surface area contributed by atoms with E-state index in [0.717, 1.165) is 19.3 Å². The Morgan fingerprint density at radius 1 is 0.765 bits per heavy atom. The van der Waals surface area contributed by atoms with Gasteiger partial charge in [0.1, 0.15) is 18.8 Å². The van der Waals surface area contributed by atoms with Crippen molar-refractivity contribution in [2.45, 2.75) is 117 Å².